The van der Waals surface area contributed by atoms with Gasteiger partial charge in [-0.25, -0.2) is 0 Å². The summed E-state index contributed by atoms with van der Waals surface area (Å²) in [7, 11) is 0. The van der Waals surface area contributed by atoms with Crippen LogP contribution >= 0.6 is 0 Å². The van der Waals surface area contributed by atoms with Crippen molar-refractivity contribution in [3.63, 3.8) is 0 Å². The molecule has 0 bridgehead atoms. The number of unbranched alkanes of at least 4 members (excludes halogenated alkanes) is 4. The Morgan fingerprint density at radius 2 is 1.53 bits per heavy atom. The zero-order chi connectivity index (χ0) is 11.5. The SMILES string of the molecule is CCCCCC(CCCCC)O[N+](=O)[O-]. The maximum atomic E-state index is 10.3. The highest BCUT2D eigenvalue weighted by molar-refractivity contribution is 4.57. The molecule has 0 radical (unpaired) electrons. The van der Waals surface area contributed by atoms with Gasteiger partial charge in [-0.15, -0.1) is 10.1 Å². The van der Waals surface area contributed by atoms with Gasteiger partial charge in [0.1, 0.15) is 6.10 Å². The average molecular weight is 217 g/mol. The van der Waals surface area contributed by atoms with Gasteiger partial charge in [-0.05, 0) is 12.8 Å². The summed E-state index contributed by atoms with van der Waals surface area (Å²) in [5, 5.41) is 9.61. The molecule has 90 valence electrons. The van der Waals surface area contributed by atoms with Crippen molar-refractivity contribution in [1.29, 1.82) is 0 Å². The van der Waals surface area contributed by atoms with E-state index in [0.29, 0.717) is 0 Å². The molecule has 0 atom stereocenters. The van der Waals surface area contributed by atoms with E-state index in [-0.39, 0.29) is 6.10 Å². The molecule has 0 aliphatic rings. The van der Waals surface area contributed by atoms with Gasteiger partial charge >= 0.3 is 0 Å². The Hall–Kier alpha value is -0.800. The topological polar surface area (TPSA) is 52.4 Å². The van der Waals surface area contributed by atoms with Gasteiger partial charge in [-0.3, -0.25) is 0 Å². The van der Waals surface area contributed by atoms with Crippen LogP contribution in [0.4, 0.5) is 0 Å². The summed E-state index contributed by atoms with van der Waals surface area (Å²) in [6, 6.07) is 0. The largest absolute Gasteiger partial charge is 0.311 e. The van der Waals surface area contributed by atoms with Crippen LogP contribution in [0.15, 0.2) is 0 Å². The predicted molar refractivity (Wildman–Crippen MR) is 60.2 cm³/mol. The van der Waals surface area contributed by atoms with Crippen LogP contribution in [0.3, 0.4) is 0 Å². The van der Waals surface area contributed by atoms with Gasteiger partial charge in [-0.1, -0.05) is 52.4 Å². The lowest BCUT2D eigenvalue weighted by molar-refractivity contribution is -0.769. The van der Waals surface area contributed by atoms with E-state index < -0.39 is 5.09 Å². The van der Waals surface area contributed by atoms with E-state index >= 15 is 0 Å². The van der Waals surface area contributed by atoms with Crippen molar-refractivity contribution in [2.75, 3.05) is 0 Å². The molecule has 0 fully saturated rings. The molecule has 0 aromatic carbocycles. The van der Waals surface area contributed by atoms with Crippen molar-refractivity contribution >= 4 is 0 Å². The van der Waals surface area contributed by atoms with Crippen LogP contribution in [0.25, 0.3) is 0 Å². The first-order chi connectivity index (χ1) is 7.20. The summed E-state index contributed by atoms with van der Waals surface area (Å²) in [5.74, 6) is 0. The monoisotopic (exact) mass is 217 g/mol. The third-order valence-corrected chi connectivity index (χ3v) is 2.49. The van der Waals surface area contributed by atoms with Crippen LogP contribution in [0.1, 0.15) is 65.2 Å². The van der Waals surface area contributed by atoms with Gasteiger partial charge in [0.05, 0.1) is 0 Å². The minimum atomic E-state index is -0.650. The van der Waals surface area contributed by atoms with Crippen molar-refractivity contribution < 1.29 is 9.92 Å². The van der Waals surface area contributed by atoms with Crippen molar-refractivity contribution in [2.24, 2.45) is 0 Å². The number of hydrogen-bond donors (Lipinski definition) is 0. The Kier molecular flexibility index (Phi) is 9.22. The van der Waals surface area contributed by atoms with Crippen molar-refractivity contribution in [3.05, 3.63) is 10.1 Å². The highest BCUT2D eigenvalue weighted by Gasteiger charge is 2.12. The second-order valence-corrected chi connectivity index (χ2v) is 3.94. The fourth-order valence-electron chi connectivity index (χ4n) is 1.62. The van der Waals surface area contributed by atoms with Crippen LogP contribution in [0, 0.1) is 10.1 Å². The molecule has 0 heterocycles. The van der Waals surface area contributed by atoms with E-state index in [4.69, 9.17) is 0 Å². The fourth-order valence-corrected chi connectivity index (χ4v) is 1.62. The molecule has 0 spiro atoms. The molecule has 0 saturated heterocycles. The van der Waals surface area contributed by atoms with Crippen LogP contribution in [-0.2, 0) is 4.84 Å². The van der Waals surface area contributed by atoms with Gasteiger partial charge in [0.2, 0.25) is 0 Å². The van der Waals surface area contributed by atoms with Gasteiger partial charge in [-0.2, -0.15) is 0 Å². The standard InChI is InChI=1S/C11H23NO3/c1-3-5-7-9-11(15-12(13)14)10-8-6-4-2/h11H,3-10H2,1-2H3. The maximum Gasteiger partial charge on any atom is 0.294 e. The molecule has 0 amide bonds. The molecular formula is C11H23NO3. The number of hydrogen-bond acceptors (Lipinski definition) is 3. The van der Waals surface area contributed by atoms with Gasteiger partial charge < -0.3 is 4.84 Å². The smallest absolute Gasteiger partial charge is 0.294 e. The highest BCUT2D eigenvalue weighted by atomic mass is 17.0. The molecule has 15 heavy (non-hydrogen) atoms. The Balaban J connectivity index is 3.68. The summed E-state index contributed by atoms with van der Waals surface area (Å²) in [6.07, 6.45) is 8.05. The molecule has 0 N–H and O–H groups in total. The van der Waals surface area contributed by atoms with E-state index in [1.165, 1.54) is 0 Å². The Labute approximate surface area is 92.1 Å². The zero-order valence-corrected chi connectivity index (χ0v) is 9.91. The van der Waals surface area contributed by atoms with Gasteiger partial charge in [0, 0.05) is 0 Å². The summed E-state index contributed by atoms with van der Waals surface area (Å²) in [6.45, 7) is 4.25. The third-order valence-electron chi connectivity index (χ3n) is 2.49. The van der Waals surface area contributed by atoms with E-state index in [1.807, 2.05) is 0 Å². The minimum absolute atomic E-state index is 0.182. The molecule has 4 heteroatoms. The molecule has 0 aliphatic carbocycles. The lowest BCUT2D eigenvalue weighted by atomic mass is 10.0. The van der Waals surface area contributed by atoms with Crippen LogP contribution < -0.4 is 0 Å². The molecule has 0 aromatic heterocycles. The zero-order valence-electron chi connectivity index (χ0n) is 9.91. The lowest BCUT2D eigenvalue weighted by Gasteiger charge is -2.14. The summed E-state index contributed by atoms with van der Waals surface area (Å²) >= 11 is 0. The molecule has 0 rings (SSSR count). The van der Waals surface area contributed by atoms with Crippen molar-refractivity contribution in [3.8, 4) is 0 Å². The van der Waals surface area contributed by atoms with E-state index in [0.717, 1.165) is 51.4 Å². The van der Waals surface area contributed by atoms with Crippen LogP contribution in [0.5, 0.6) is 0 Å². The Morgan fingerprint density at radius 3 is 1.87 bits per heavy atom. The summed E-state index contributed by atoms with van der Waals surface area (Å²) in [4.78, 5) is 14.9. The second kappa shape index (κ2) is 9.74. The lowest BCUT2D eigenvalue weighted by Crippen LogP contribution is -2.17. The quantitative estimate of drug-likeness (QED) is 0.318. The molecule has 0 saturated carbocycles. The van der Waals surface area contributed by atoms with Gasteiger partial charge in [0.15, 0.2) is 0 Å². The molecule has 0 aliphatic heterocycles. The predicted octanol–water partition coefficient (Wildman–Crippen LogP) is 3.72. The number of nitrogens with zero attached hydrogens (tertiary/aromatic N) is 1. The Bertz CT molecular complexity index is 152. The normalized spacial score (nSPS) is 10.6. The summed E-state index contributed by atoms with van der Waals surface area (Å²) < 4.78 is 0. The second-order valence-electron chi connectivity index (χ2n) is 3.94. The van der Waals surface area contributed by atoms with Crippen molar-refractivity contribution in [2.45, 2.75) is 71.3 Å². The molecule has 0 unspecified atom stereocenters. The van der Waals surface area contributed by atoms with E-state index in [1.54, 1.807) is 0 Å². The molecular weight excluding hydrogens is 194 g/mol. The average Bonchev–Trinajstić information content (AvgIpc) is 2.17. The first-order valence-corrected chi connectivity index (χ1v) is 6.01. The first kappa shape index (κ1) is 14.2. The van der Waals surface area contributed by atoms with Crippen molar-refractivity contribution in [1.82, 2.24) is 0 Å². The summed E-state index contributed by atoms with van der Waals surface area (Å²) in [5.41, 5.74) is 0. The number of rotatable bonds is 10. The van der Waals surface area contributed by atoms with E-state index in [2.05, 4.69) is 18.7 Å². The third kappa shape index (κ3) is 9.50. The fraction of sp³-hybridized carbons (Fsp3) is 1.00. The molecule has 0 aromatic rings. The minimum Gasteiger partial charge on any atom is -0.311 e. The first-order valence-electron chi connectivity index (χ1n) is 6.01. The molecule has 4 nitrogen and oxygen atoms in total. The maximum absolute atomic E-state index is 10.3. The van der Waals surface area contributed by atoms with Crippen LogP contribution in [-0.4, -0.2) is 11.2 Å². The van der Waals surface area contributed by atoms with E-state index in [9.17, 15) is 10.1 Å². The highest BCUT2D eigenvalue weighted by Crippen LogP contribution is 2.14. The Morgan fingerprint density at radius 1 is 1.07 bits per heavy atom. The van der Waals surface area contributed by atoms with Crippen LogP contribution in [0.2, 0.25) is 0 Å². The van der Waals surface area contributed by atoms with Gasteiger partial charge in [0.25, 0.3) is 5.09 Å².